The van der Waals surface area contributed by atoms with Gasteiger partial charge in [-0.3, -0.25) is 5.41 Å². The highest BCUT2D eigenvalue weighted by molar-refractivity contribution is 7.19. The van der Waals surface area contributed by atoms with Crippen molar-refractivity contribution in [3.05, 3.63) is 70.9 Å². The molecule has 2 N–H and O–H groups in total. The SMILES string of the molecule is CC(c1ccccc1)N1CC(O)=C(c2nc3ccccc3s2)C1=N. The highest BCUT2D eigenvalue weighted by Crippen LogP contribution is 2.36. The minimum Gasteiger partial charge on any atom is -0.510 e. The number of rotatable bonds is 3. The molecular weight excluding hydrogens is 318 g/mol. The molecular formula is C19H17N3OS. The average molecular weight is 335 g/mol. The first kappa shape index (κ1) is 14.9. The van der Waals surface area contributed by atoms with Gasteiger partial charge in [-0.15, -0.1) is 11.3 Å². The molecule has 5 heteroatoms. The van der Waals surface area contributed by atoms with Crippen LogP contribution in [-0.4, -0.2) is 27.4 Å². The van der Waals surface area contributed by atoms with Gasteiger partial charge in [0.05, 0.1) is 28.4 Å². The Kier molecular flexibility index (Phi) is 3.58. The number of benzene rings is 2. The molecule has 0 fully saturated rings. The van der Waals surface area contributed by atoms with Gasteiger partial charge in [0.25, 0.3) is 0 Å². The minimum atomic E-state index is 0.0210. The van der Waals surface area contributed by atoms with E-state index in [0.717, 1.165) is 15.8 Å². The van der Waals surface area contributed by atoms with E-state index in [9.17, 15) is 5.11 Å². The van der Waals surface area contributed by atoms with Crippen LogP contribution in [0.3, 0.4) is 0 Å². The Bertz CT molecular complexity index is 912. The van der Waals surface area contributed by atoms with Gasteiger partial charge in [-0.1, -0.05) is 42.5 Å². The second-order valence-corrected chi connectivity index (χ2v) is 6.90. The van der Waals surface area contributed by atoms with E-state index in [1.165, 1.54) is 11.3 Å². The number of nitrogens with one attached hydrogen (secondary N) is 1. The van der Waals surface area contributed by atoms with E-state index in [0.29, 0.717) is 23.0 Å². The second-order valence-electron chi connectivity index (χ2n) is 5.87. The summed E-state index contributed by atoms with van der Waals surface area (Å²) in [5.41, 5.74) is 2.58. The van der Waals surface area contributed by atoms with E-state index >= 15 is 0 Å². The summed E-state index contributed by atoms with van der Waals surface area (Å²) < 4.78 is 1.06. The van der Waals surface area contributed by atoms with Crippen molar-refractivity contribution in [2.45, 2.75) is 13.0 Å². The normalized spacial score (nSPS) is 16.2. The van der Waals surface area contributed by atoms with E-state index < -0.39 is 0 Å². The molecule has 0 spiro atoms. The predicted molar refractivity (Wildman–Crippen MR) is 98.5 cm³/mol. The Morgan fingerprint density at radius 1 is 1.12 bits per heavy atom. The van der Waals surface area contributed by atoms with Crippen LogP contribution in [0, 0.1) is 5.41 Å². The first-order valence-corrected chi connectivity index (χ1v) is 8.65. The summed E-state index contributed by atoms with van der Waals surface area (Å²) in [6, 6.07) is 18.0. The number of nitrogens with zero attached hydrogens (tertiary/aromatic N) is 2. The van der Waals surface area contributed by atoms with Crippen LogP contribution >= 0.6 is 11.3 Å². The number of thiazole rings is 1. The Morgan fingerprint density at radius 2 is 1.83 bits per heavy atom. The first-order valence-electron chi connectivity index (χ1n) is 7.83. The number of para-hydroxylation sites is 1. The summed E-state index contributed by atoms with van der Waals surface area (Å²) in [5, 5.41) is 19.7. The number of aliphatic hydroxyl groups is 1. The summed E-state index contributed by atoms with van der Waals surface area (Å²) in [6.07, 6.45) is 0. The zero-order valence-electron chi connectivity index (χ0n) is 13.2. The molecule has 1 aliphatic heterocycles. The summed E-state index contributed by atoms with van der Waals surface area (Å²) in [4.78, 5) is 6.50. The van der Waals surface area contributed by atoms with Crippen molar-refractivity contribution < 1.29 is 5.11 Å². The number of fused-ring (bicyclic) bond motifs is 1. The third kappa shape index (κ3) is 2.37. The maximum Gasteiger partial charge on any atom is 0.135 e. The lowest BCUT2D eigenvalue weighted by molar-refractivity contribution is 0.310. The Labute approximate surface area is 144 Å². The van der Waals surface area contributed by atoms with Crippen molar-refractivity contribution in [1.29, 1.82) is 5.41 Å². The largest absolute Gasteiger partial charge is 0.510 e. The molecule has 24 heavy (non-hydrogen) atoms. The van der Waals surface area contributed by atoms with Crippen LogP contribution in [0.15, 0.2) is 60.4 Å². The van der Waals surface area contributed by atoms with Gasteiger partial charge in [-0.2, -0.15) is 0 Å². The average Bonchev–Trinajstić information content (AvgIpc) is 3.15. The monoisotopic (exact) mass is 335 g/mol. The van der Waals surface area contributed by atoms with Crippen LogP contribution in [-0.2, 0) is 0 Å². The van der Waals surface area contributed by atoms with Gasteiger partial charge in [0.1, 0.15) is 16.6 Å². The molecule has 0 saturated carbocycles. The lowest BCUT2D eigenvalue weighted by Crippen LogP contribution is -2.29. The summed E-state index contributed by atoms with van der Waals surface area (Å²) >= 11 is 1.52. The van der Waals surface area contributed by atoms with Crippen LogP contribution in [0.1, 0.15) is 23.5 Å². The molecule has 1 aromatic heterocycles. The molecule has 0 saturated heterocycles. The number of hydrogen-bond acceptors (Lipinski definition) is 4. The van der Waals surface area contributed by atoms with Gasteiger partial charge in [-0.05, 0) is 24.6 Å². The van der Waals surface area contributed by atoms with E-state index in [1.807, 2.05) is 59.5 Å². The minimum absolute atomic E-state index is 0.0210. The fourth-order valence-electron chi connectivity index (χ4n) is 3.05. The quantitative estimate of drug-likeness (QED) is 0.734. The zero-order chi connectivity index (χ0) is 16.7. The van der Waals surface area contributed by atoms with Crippen LogP contribution < -0.4 is 0 Å². The van der Waals surface area contributed by atoms with Gasteiger partial charge in [0.15, 0.2) is 0 Å². The second kappa shape index (κ2) is 5.76. The summed E-state index contributed by atoms with van der Waals surface area (Å²) in [6.45, 7) is 2.40. The molecule has 3 aromatic rings. The van der Waals surface area contributed by atoms with Crippen LogP contribution in [0.2, 0.25) is 0 Å². The molecule has 1 unspecified atom stereocenters. The maximum absolute atomic E-state index is 10.5. The maximum atomic E-state index is 10.5. The van der Waals surface area contributed by atoms with E-state index in [1.54, 1.807) is 0 Å². The first-order chi connectivity index (χ1) is 11.6. The topological polar surface area (TPSA) is 60.2 Å². The Balaban J connectivity index is 1.68. The van der Waals surface area contributed by atoms with Gasteiger partial charge >= 0.3 is 0 Å². The Hall–Kier alpha value is -2.66. The summed E-state index contributed by atoms with van der Waals surface area (Å²) in [7, 11) is 0. The molecule has 120 valence electrons. The van der Waals surface area contributed by atoms with Crippen LogP contribution in [0.5, 0.6) is 0 Å². The van der Waals surface area contributed by atoms with E-state index in [4.69, 9.17) is 5.41 Å². The number of hydrogen-bond donors (Lipinski definition) is 2. The molecule has 1 aliphatic rings. The zero-order valence-corrected chi connectivity index (χ0v) is 14.0. The van der Waals surface area contributed by atoms with Crippen molar-refractivity contribution in [2.75, 3.05) is 6.54 Å². The number of aromatic nitrogens is 1. The van der Waals surface area contributed by atoms with Crippen molar-refractivity contribution >= 4 is 33.0 Å². The van der Waals surface area contributed by atoms with Crippen LogP contribution in [0.4, 0.5) is 0 Å². The van der Waals surface area contributed by atoms with E-state index in [2.05, 4.69) is 11.9 Å². The summed E-state index contributed by atoms with van der Waals surface area (Å²) in [5.74, 6) is 0.560. The third-order valence-corrected chi connectivity index (χ3v) is 5.44. The lowest BCUT2D eigenvalue weighted by atomic mass is 10.1. The highest BCUT2D eigenvalue weighted by atomic mass is 32.1. The Morgan fingerprint density at radius 3 is 2.58 bits per heavy atom. The van der Waals surface area contributed by atoms with Gasteiger partial charge in [-0.25, -0.2) is 4.98 Å². The fraction of sp³-hybridized carbons (Fsp3) is 0.158. The molecule has 0 aliphatic carbocycles. The molecule has 4 nitrogen and oxygen atoms in total. The third-order valence-electron chi connectivity index (χ3n) is 4.39. The van der Waals surface area contributed by atoms with Crippen LogP contribution in [0.25, 0.3) is 15.8 Å². The van der Waals surface area contributed by atoms with Gasteiger partial charge in [0.2, 0.25) is 0 Å². The predicted octanol–water partition coefficient (Wildman–Crippen LogP) is 4.62. The van der Waals surface area contributed by atoms with Crippen molar-refractivity contribution in [2.24, 2.45) is 0 Å². The van der Waals surface area contributed by atoms with Gasteiger partial charge in [0, 0.05) is 0 Å². The van der Waals surface area contributed by atoms with Crippen molar-refractivity contribution in [3.8, 4) is 0 Å². The molecule has 2 heterocycles. The molecule has 0 amide bonds. The number of amidine groups is 1. The molecule has 1 atom stereocenters. The standard InChI is InChI=1S/C19H17N3OS/c1-12(13-7-3-2-4-8-13)22-11-15(23)17(18(22)20)19-21-14-9-5-6-10-16(14)24-19/h2-10,12,20,23H,11H2,1H3. The molecule has 0 bridgehead atoms. The molecule has 0 radical (unpaired) electrons. The van der Waals surface area contributed by atoms with Crippen molar-refractivity contribution in [1.82, 2.24) is 9.88 Å². The highest BCUT2D eigenvalue weighted by Gasteiger charge is 2.33. The van der Waals surface area contributed by atoms with E-state index in [-0.39, 0.29) is 11.8 Å². The molecule has 2 aromatic carbocycles. The van der Waals surface area contributed by atoms with Gasteiger partial charge < -0.3 is 10.0 Å². The fourth-order valence-corrected chi connectivity index (χ4v) is 4.08. The lowest BCUT2D eigenvalue weighted by Gasteiger charge is -2.26. The number of aliphatic hydroxyl groups excluding tert-OH is 1. The van der Waals surface area contributed by atoms with Crippen molar-refractivity contribution in [3.63, 3.8) is 0 Å². The smallest absolute Gasteiger partial charge is 0.135 e. The molecule has 4 rings (SSSR count).